The molecule has 0 fully saturated rings. The van der Waals surface area contributed by atoms with Crippen LogP contribution in [0.5, 0.6) is 0 Å². The summed E-state index contributed by atoms with van der Waals surface area (Å²) >= 11 is 0. The summed E-state index contributed by atoms with van der Waals surface area (Å²) in [5.74, 6) is 0.323. The molecule has 0 saturated carbocycles. The Kier molecular flexibility index (Phi) is 5.68. The predicted octanol–water partition coefficient (Wildman–Crippen LogP) is 2.05. The van der Waals surface area contributed by atoms with E-state index in [1.165, 1.54) is 0 Å². The van der Waals surface area contributed by atoms with Crippen LogP contribution in [0.3, 0.4) is 0 Å². The average molecular weight is 232 g/mol. The number of nitrogens with one attached hydrogen (secondary N) is 1. The van der Waals surface area contributed by atoms with Crippen molar-refractivity contribution in [2.75, 3.05) is 6.54 Å². The van der Waals surface area contributed by atoms with Gasteiger partial charge in [0.05, 0.1) is 17.7 Å². The van der Waals surface area contributed by atoms with E-state index in [1.807, 2.05) is 31.2 Å². The highest BCUT2D eigenvalue weighted by atomic mass is 16.3. The predicted molar refractivity (Wildman–Crippen MR) is 68.3 cm³/mol. The molecule has 2 unspecified atom stereocenters. The zero-order valence-electron chi connectivity index (χ0n) is 10.5. The molecule has 1 aromatic carbocycles. The Morgan fingerprint density at radius 3 is 2.53 bits per heavy atom. The second-order valence-corrected chi connectivity index (χ2v) is 4.39. The first kappa shape index (κ1) is 13.7. The quantitative estimate of drug-likeness (QED) is 0.789. The third-order valence-corrected chi connectivity index (χ3v) is 3.07. The number of nitrogens with zero attached hydrogens (tertiary/aromatic N) is 1. The third kappa shape index (κ3) is 4.56. The normalized spacial score (nSPS) is 14.0. The summed E-state index contributed by atoms with van der Waals surface area (Å²) < 4.78 is 0. The fraction of sp³-hybridized carbons (Fsp3) is 0.500. The number of benzene rings is 1. The minimum atomic E-state index is -0.293. The molecule has 0 aliphatic heterocycles. The Balaban J connectivity index is 2.33. The fourth-order valence-corrected chi connectivity index (χ4v) is 1.53. The van der Waals surface area contributed by atoms with Gasteiger partial charge in [0, 0.05) is 13.1 Å². The molecule has 2 N–H and O–H groups in total. The Morgan fingerprint density at radius 1 is 1.35 bits per heavy atom. The van der Waals surface area contributed by atoms with Crippen LogP contribution in [0.4, 0.5) is 0 Å². The van der Waals surface area contributed by atoms with Crippen LogP contribution in [0, 0.1) is 17.2 Å². The Labute approximate surface area is 103 Å². The number of hydrogen-bond donors (Lipinski definition) is 2. The van der Waals surface area contributed by atoms with Gasteiger partial charge in [0.1, 0.15) is 0 Å². The molecule has 17 heavy (non-hydrogen) atoms. The van der Waals surface area contributed by atoms with E-state index >= 15 is 0 Å². The van der Waals surface area contributed by atoms with Crippen molar-refractivity contribution in [2.45, 2.75) is 32.9 Å². The van der Waals surface area contributed by atoms with Crippen molar-refractivity contribution in [2.24, 2.45) is 5.92 Å². The molecular formula is C14H20N2O. The Morgan fingerprint density at radius 2 is 2.00 bits per heavy atom. The lowest BCUT2D eigenvalue weighted by atomic mass is 10.0. The van der Waals surface area contributed by atoms with Crippen LogP contribution < -0.4 is 5.32 Å². The summed E-state index contributed by atoms with van der Waals surface area (Å²) in [6.45, 7) is 5.46. The van der Waals surface area contributed by atoms with Crippen molar-refractivity contribution < 1.29 is 5.11 Å². The van der Waals surface area contributed by atoms with Gasteiger partial charge in [-0.05, 0) is 23.6 Å². The SMILES string of the molecule is CCC(C)C(O)CNCc1ccc(C#N)cc1. The molecule has 3 nitrogen and oxygen atoms in total. The first-order valence-electron chi connectivity index (χ1n) is 6.05. The smallest absolute Gasteiger partial charge is 0.0991 e. The van der Waals surface area contributed by atoms with Crippen LogP contribution in [0.2, 0.25) is 0 Å². The molecular weight excluding hydrogens is 212 g/mol. The van der Waals surface area contributed by atoms with Gasteiger partial charge in [0.15, 0.2) is 0 Å². The number of rotatable bonds is 6. The second-order valence-electron chi connectivity index (χ2n) is 4.39. The van der Waals surface area contributed by atoms with Gasteiger partial charge in [-0.2, -0.15) is 5.26 Å². The van der Waals surface area contributed by atoms with Crippen molar-refractivity contribution in [3.8, 4) is 6.07 Å². The van der Waals surface area contributed by atoms with Gasteiger partial charge in [-0.25, -0.2) is 0 Å². The van der Waals surface area contributed by atoms with Crippen LogP contribution in [-0.2, 0) is 6.54 Å². The van der Waals surface area contributed by atoms with Crippen LogP contribution >= 0.6 is 0 Å². The average Bonchev–Trinajstić information content (AvgIpc) is 2.38. The minimum absolute atomic E-state index is 0.293. The molecule has 92 valence electrons. The van der Waals surface area contributed by atoms with Crippen molar-refractivity contribution >= 4 is 0 Å². The molecule has 0 saturated heterocycles. The summed E-state index contributed by atoms with van der Waals surface area (Å²) in [5.41, 5.74) is 1.80. The molecule has 0 aliphatic carbocycles. The zero-order chi connectivity index (χ0) is 12.7. The summed E-state index contributed by atoms with van der Waals surface area (Å²) in [5, 5.41) is 21.7. The van der Waals surface area contributed by atoms with Crippen LogP contribution in [0.15, 0.2) is 24.3 Å². The fourth-order valence-electron chi connectivity index (χ4n) is 1.53. The van der Waals surface area contributed by atoms with Crippen molar-refractivity contribution in [1.29, 1.82) is 5.26 Å². The number of aliphatic hydroxyl groups is 1. The number of nitriles is 1. The molecule has 0 aromatic heterocycles. The molecule has 1 aromatic rings. The molecule has 0 radical (unpaired) electrons. The molecule has 0 bridgehead atoms. The lowest BCUT2D eigenvalue weighted by Crippen LogP contribution is -2.31. The van der Waals surface area contributed by atoms with E-state index in [0.29, 0.717) is 18.0 Å². The maximum Gasteiger partial charge on any atom is 0.0991 e. The largest absolute Gasteiger partial charge is 0.392 e. The van der Waals surface area contributed by atoms with Gasteiger partial charge in [-0.15, -0.1) is 0 Å². The highest BCUT2D eigenvalue weighted by Gasteiger charge is 2.10. The highest BCUT2D eigenvalue weighted by molar-refractivity contribution is 5.31. The molecule has 3 heteroatoms. The maximum atomic E-state index is 9.77. The monoisotopic (exact) mass is 232 g/mol. The summed E-state index contributed by atoms with van der Waals surface area (Å²) in [7, 11) is 0. The molecule has 2 atom stereocenters. The van der Waals surface area contributed by atoms with Crippen LogP contribution in [-0.4, -0.2) is 17.8 Å². The summed E-state index contributed by atoms with van der Waals surface area (Å²) in [4.78, 5) is 0. The van der Waals surface area contributed by atoms with E-state index in [0.717, 1.165) is 18.5 Å². The zero-order valence-corrected chi connectivity index (χ0v) is 10.5. The van der Waals surface area contributed by atoms with Crippen molar-refractivity contribution in [3.05, 3.63) is 35.4 Å². The number of hydrogen-bond acceptors (Lipinski definition) is 3. The van der Waals surface area contributed by atoms with Gasteiger partial charge in [-0.3, -0.25) is 0 Å². The molecule has 0 amide bonds. The molecule has 1 rings (SSSR count). The lowest BCUT2D eigenvalue weighted by molar-refractivity contribution is 0.113. The van der Waals surface area contributed by atoms with Crippen molar-refractivity contribution in [3.63, 3.8) is 0 Å². The highest BCUT2D eigenvalue weighted by Crippen LogP contribution is 2.07. The topological polar surface area (TPSA) is 56.0 Å². The minimum Gasteiger partial charge on any atom is -0.392 e. The summed E-state index contributed by atoms with van der Waals surface area (Å²) in [6.07, 6.45) is 0.693. The van der Waals surface area contributed by atoms with E-state index in [4.69, 9.17) is 5.26 Å². The first-order valence-corrected chi connectivity index (χ1v) is 6.05. The lowest BCUT2D eigenvalue weighted by Gasteiger charge is -2.17. The Hall–Kier alpha value is -1.37. The van der Waals surface area contributed by atoms with Gasteiger partial charge in [0.2, 0.25) is 0 Å². The second kappa shape index (κ2) is 7.05. The van der Waals surface area contributed by atoms with E-state index in [9.17, 15) is 5.11 Å². The first-order chi connectivity index (χ1) is 8.17. The Bertz CT molecular complexity index is 367. The number of aliphatic hydroxyl groups excluding tert-OH is 1. The molecule has 0 aliphatic rings. The maximum absolute atomic E-state index is 9.77. The molecule has 0 spiro atoms. The standard InChI is InChI=1S/C14H20N2O/c1-3-11(2)14(17)10-16-9-13-6-4-12(8-15)5-7-13/h4-7,11,14,16-17H,3,9-10H2,1-2H3. The molecule has 0 heterocycles. The summed E-state index contributed by atoms with van der Waals surface area (Å²) in [6, 6.07) is 9.57. The van der Waals surface area contributed by atoms with Gasteiger partial charge in [-0.1, -0.05) is 32.4 Å². The van der Waals surface area contributed by atoms with Crippen LogP contribution in [0.25, 0.3) is 0 Å². The van der Waals surface area contributed by atoms with Gasteiger partial charge in [0.25, 0.3) is 0 Å². The van der Waals surface area contributed by atoms with Crippen molar-refractivity contribution in [1.82, 2.24) is 5.32 Å². The van der Waals surface area contributed by atoms with Gasteiger partial charge < -0.3 is 10.4 Å². The van der Waals surface area contributed by atoms with E-state index in [1.54, 1.807) is 0 Å². The van der Waals surface area contributed by atoms with E-state index < -0.39 is 0 Å². The van der Waals surface area contributed by atoms with E-state index in [2.05, 4.69) is 18.3 Å². The van der Waals surface area contributed by atoms with Gasteiger partial charge >= 0.3 is 0 Å². The van der Waals surface area contributed by atoms with E-state index in [-0.39, 0.29) is 6.10 Å². The van der Waals surface area contributed by atoms with Crippen LogP contribution in [0.1, 0.15) is 31.4 Å². The third-order valence-electron chi connectivity index (χ3n) is 3.07.